The molecule has 1 aliphatic rings. The summed E-state index contributed by atoms with van der Waals surface area (Å²) in [7, 11) is 1.35. The number of ether oxygens (including phenoxy) is 3. The third kappa shape index (κ3) is 7.29. The van der Waals surface area contributed by atoms with Gasteiger partial charge < -0.3 is 18.8 Å². The van der Waals surface area contributed by atoms with Crippen LogP contribution >= 0.6 is 0 Å². The highest BCUT2D eigenvalue weighted by molar-refractivity contribution is 6.01. The first-order valence-corrected chi connectivity index (χ1v) is 14.3. The Labute approximate surface area is 242 Å². The number of esters is 2. The molecule has 220 valence electrons. The standard InChI is InChI=1S/C33H42N2O6/c1-32(2,3)40-27(36)20-35-26-19-22(30(37)39-7)17-18-24(26)28(21-13-9-8-10-14-21)29(35)23-15-11-12-16-25(23)34-31(38)41-33(4,5)6/h11-12,15-19,21H,8-10,13-14,20H2,1-7H3,(H,34,38). The van der Waals surface area contributed by atoms with Gasteiger partial charge in [-0.2, -0.15) is 0 Å². The van der Waals surface area contributed by atoms with Crippen LogP contribution in [0.4, 0.5) is 10.5 Å². The Hall–Kier alpha value is -3.81. The molecule has 1 aromatic heterocycles. The van der Waals surface area contributed by atoms with Crippen LogP contribution in [0, 0.1) is 0 Å². The van der Waals surface area contributed by atoms with E-state index in [1.165, 1.54) is 13.5 Å². The second-order valence-electron chi connectivity index (χ2n) is 12.7. The molecular formula is C33H42N2O6. The van der Waals surface area contributed by atoms with Crippen molar-refractivity contribution in [3.63, 3.8) is 0 Å². The van der Waals surface area contributed by atoms with Crippen molar-refractivity contribution in [1.29, 1.82) is 0 Å². The van der Waals surface area contributed by atoms with Crippen molar-refractivity contribution in [1.82, 2.24) is 4.57 Å². The first-order chi connectivity index (χ1) is 19.3. The number of hydrogen-bond donors (Lipinski definition) is 1. The quantitative estimate of drug-likeness (QED) is 0.243. The van der Waals surface area contributed by atoms with Crippen molar-refractivity contribution in [2.45, 2.75) is 97.3 Å². The summed E-state index contributed by atoms with van der Waals surface area (Å²) in [5.74, 6) is -0.601. The second-order valence-corrected chi connectivity index (χ2v) is 12.7. The van der Waals surface area contributed by atoms with Gasteiger partial charge in [0, 0.05) is 10.9 Å². The van der Waals surface area contributed by atoms with Gasteiger partial charge >= 0.3 is 18.0 Å². The molecule has 0 spiro atoms. The van der Waals surface area contributed by atoms with Gasteiger partial charge in [0.1, 0.15) is 17.7 Å². The zero-order valence-corrected chi connectivity index (χ0v) is 25.3. The Balaban J connectivity index is 1.99. The van der Waals surface area contributed by atoms with Crippen molar-refractivity contribution in [3.05, 3.63) is 53.6 Å². The Bertz CT molecular complexity index is 1430. The Morgan fingerprint density at radius 3 is 2.20 bits per heavy atom. The number of anilines is 1. The van der Waals surface area contributed by atoms with E-state index in [9.17, 15) is 14.4 Å². The molecule has 0 saturated heterocycles. The number of carbonyl (C=O) groups excluding carboxylic acids is 3. The first-order valence-electron chi connectivity index (χ1n) is 14.3. The van der Waals surface area contributed by atoms with E-state index in [0.29, 0.717) is 11.3 Å². The SMILES string of the molecule is COC(=O)c1ccc2c(C3CCCCC3)c(-c3ccccc3NC(=O)OC(C)(C)C)n(CC(=O)OC(C)(C)C)c2c1. The van der Waals surface area contributed by atoms with Gasteiger partial charge in [0.05, 0.1) is 29.6 Å². The molecule has 1 N–H and O–H groups in total. The van der Waals surface area contributed by atoms with Gasteiger partial charge in [0.15, 0.2) is 0 Å². The largest absolute Gasteiger partial charge is 0.465 e. The summed E-state index contributed by atoms with van der Waals surface area (Å²) in [5, 5.41) is 3.90. The molecule has 0 atom stereocenters. The van der Waals surface area contributed by atoms with Crippen LogP contribution < -0.4 is 5.32 Å². The van der Waals surface area contributed by atoms with Crippen molar-refractivity contribution in [2.75, 3.05) is 12.4 Å². The summed E-state index contributed by atoms with van der Waals surface area (Å²) >= 11 is 0. The van der Waals surface area contributed by atoms with Crippen LogP contribution in [0.25, 0.3) is 22.2 Å². The summed E-state index contributed by atoms with van der Waals surface area (Å²) in [6, 6.07) is 13.0. The van der Waals surface area contributed by atoms with Gasteiger partial charge in [-0.1, -0.05) is 43.5 Å². The minimum atomic E-state index is -0.667. The van der Waals surface area contributed by atoms with E-state index in [0.717, 1.165) is 53.4 Å². The highest BCUT2D eigenvalue weighted by Gasteiger charge is 2.30. The minimum absolute atomic E-state index is 0.0682. The molecule has 0 unspecified atom stereocenters. The Morgan fingerprint density at radius 2 is 1.56 bits per heavy atom. The highest BCUT2D eigenvalue weighted by Crippen LogP contribution is 2.46. The second kappa shape index (κ2) is 12.0. The molecule has 1 fully saturated rings. The summed E-state index contributed by atoms with van der Waals surface area (Å²) in [5.41, 5.74) is 3.07. The molecule has 1 heterocycles. The number of rotatable bonds is 6. The molecule has 1 aliphatic carbocycles. The normalized spacial score (nSPS) is 14.5. The lowest BCUT2D eigenvalue weighted by Gasteiger charge is -2.25. The number of benzene rings is 2. The number of hydrogen-bond acceptors (Lipinski definition) is 6. The number of para-hydroxylation sites is 1. The van der Waals surface area contributed by atoms with Crippen molar-refractivity contribution >= 4 is 34.6 Å². The van der Waals surface area contributed by atoms with E-state index in [4.69, 9.17) is 14.2 Å². The average molecular weight is 563 g/mol. The predicted molar refractivity (Wildman–Crippen MR) is 160 cm³/mol. The maximum Gasteiger partial charge on any atom is 0.412 e. The van der Waals surface area contributed by atoms with Gasteiger partial charge in [0.2, 0.25) is 0 Å². The van der Waals surface area contributed by atoms with Crippen LogP contribution in [-0.2, 0) is 25.5 Å². The first kappa shape index (κ1) is 30.2. The maximum atomic E-state index is 13.3. The fraction of sp³-hybridized carbons (Fsp3) is 0.485. The zero-order chi connectivity index (χ0) is 29.9. The fourth-order valence-electron chi connectivity index (χ4n) is 5.60. The summed E-state index contributed by atoms with van der Waals surface area (Å²) in [4.78, 5) is 38.7. The van der Waals surface area contributed by atoms with Crippen molar-refractivity contribution in [3.8, 4) is 11.3 Å². The molecule has 8 nitrogen and oxygen atoms in total. The minimum Gasteiger partial charge on any atom is -0.465 e. The van der Waals surface area contributed by atoms with Crippen LogP contribution in [-0.4, -0.2) is 40.9 Å². The summed E-state index contributed by atoms with van der Waals surface area (Å²) < 4.78 is 18.2. The number of nitrogens with one attached hydrogen (secondary N) is 1. The van der Waals surface area contributed by atoms with Crippen LogP contribution in [0.3, 0.4) is 0 Å². The topological polar surface area (TPSA) is 95.9 Å². The summed E-state index contributed by atoms with van der Waals surface area (Å²) in [6.45, 7) is 10.9. The zero-order valence-electron chi connectivity index (χ0n) is 25.3. The Morgan fingerprint density at radius 1 is 0.902 bits per heavy atom. The predicted octanol–water partition coefficient (Wildman–Crippen LogP) is 7.83. The number of carbonyl (C=O) groups is 3. The van der Waals surface area contributed by atoms with Gasteiger partial charge in [0.25, 0.3) is 0 Å². The number of fused-ring (bicyclic) bond motifs is 1. The highest BCUT2D eigenvalue weighted by atomic mass is 16.6. The third-order valence-electron chi connectivity index (χ3n) is 7.06. The third-order valence-corrected chi connectivity index (χ3v) is 7.06. The van der Waals surface area contributed by atoms with Crippen LogP contribution in [0.5, 0.6) is 0 Å². The monoisotopic (exact) mass is 562 g/mol. The number of methoxy groups -OCH3 is 1. The molecule has 0 aliphatic heterocycles. The van der Waals surface area contributed by atoms with Crippen LogP contribution in [0.2, 0.25) is 0 Å². The molecule has 8 heteroatoms. The van der Waals surface area contributed by atoms with Crippen LogP contribution in [0.1, 0.15) is 95.5 Å². The van der Waals surface area contributed by atoms with Gasteiger partial charge in [-0.25, -0.2) is 9.59 Å². The van der Waals surface area contributed by atoms with Crippen molar-refractivity contribution < 1.29 is 28.6 Å². The number of amides is 1. The van der Waals surface area contributed by atoms with Gasteiger partial charge in [-0.3, -0.25) is 10.1 Å². The molecule has 41 heavy (non-hydrogen) atoms. The maximum absolute atomic E-state index is 13.3. The van der Waals surface area contributed by atoms with E-state index in [2.05, 4.69) is 5.32 Å². The number of aromatic nitrogens is 1. The van der Waals surface area contributed by atoms with Crippen LogP contribution in [0.15, 0.2) is 42.5 Å². The molecule has 1 amide bonds. The lowest BCUT2D eigenvalue weighted by atomic mass is 9.81. The smallest absolute Gasteiger partial charge is 0.412 e. The van der Waals surface area contributed by atoms with E-state index < -0.39 is 29.2 Å². The summed E-state index contributed by atoms with van der Waals surface area (Å²) in [6.07, 6.45) is 4.87. The van der Waals surface area contributed by atoms with E-state index in [-0.39, 0.29) is 12.5 Å². The Kier molecular flexibility index (Phi) is 8.80. The van der Waals surface area contributed by atoms with E-state index in [1.54, 1.807) is 12.1 Å². The molecule has 1 saturated carbocycles. The van der Waals surface area contributed by atoms with Gasteiger partial charge in [-0.15, -0.1) is 0 Å². The fourth-order valence-corrected chi connectivity index (χ4v) is 5.60. The molecular weight excluding hydrogens is 520 g/mol. The van der Waals surface area contributed by atoms with E-state index in [1.807, 2.05) is 76.4 Å². The lowest BCUT2D eigenvalue weighted by molar-refractivity contribution is -0.155. The number of nitrogens with zero attached hydrogens (tertiary/aromatic N) is 1. The lowest BCUT2D eigenvalue weighted by Crippen LogP contribution is -2.28. The average Bonchev–Trinajstić information content (AvgIpc) is 3.19. The molecule has 4 rings (SSSR count). The van der Waals surface area contributed by atoms with Gasteiger partial charge in [-0.05, 0) is 84.1 Å². The molecule has 3 aromatic rings. The molecule has 0 radical (unpaired) electrons. The van der Waals surface area contributed by atoms with Crippen molar-refractivity contribution in [2.24, 2.45) is 0 Å². The molecule has 0 bridgehead atoms. The van der Waals surface area contributed by atoms with E-state index >= 15 is 0 Å². The molecule has 2 aromatic carbocycles.